The standard InChI is InChI=1S/C10H10FN3/c1-6-4-8(11)5-7-2-3-9(14-12)13-10(6)7/h2-5H,12H2,1H3,(H,13,14). The summed E-state index contributed by atoms with van der Waals surface area (Å²) in [7, 11) is 0. The Bertz CT molecular complexity index is 482. The highest BCUT2D eigenvalue weighted by molar-refractivity contribution is 5.83. The van der Waals surface area contributed by atoms with Crippen molar-refractivity contribution in [3.05, 3.63) is 35.6 Å². The molecule has 0 spiro atoms. The summed E-state index contributed by atoms with van der Waals surface area (Å²) in [5.41, 5.74) is 4.02. The molecule has 0 aliphatic rings. The minimum atomic E-state index is -0.245. The van der Waals surface area contributed by atoms with Gasteiger partial charge in [0.05, 0.1) is 5.52 Å². The summed E-state index contributed by atoms with van der Waals surface area (Å²) < 4.78 is 13.0. The molecule has 0 unspecified atom stereocenters. The molecule has 0 aliphatic heterocycles. The van der Waals surface area contributed by atoms with Gasteiger partial charge in [0, 0.05) is 5.39 Å². The van der Waals surface area contributed by atoms with E-state index in [1.165, 1.54) is 12.1 Å². The number of benzene rings is 1. The van der Waals surface area contributed by atoms with Crippen molar-refractivity contribution in [3.63, 3.8) is 0 Å². The lowest BCUT2D eigenvalue weighted by Crippen LogP contribution is -2.08. The van der Waals surface area contributed by atoms with Gasteiger partial charge < -0.3 is 5.43 Å². The summed E-state index contributed by atoms with van der Waals surface area (Å²) in [5, 5.41) is 0.779. The summed E-state index contributed by atoms with van der Waals surface area (Å²) in [6.45, 7) is 1.82. The Morgan fingerprint density at radius 1 is 1.36 bits per heavy atom. The van der Waals surface area contributed by atoms with Crippen LogP contribution in [0.4, 0.5) is 10.2 Å². The predicted octanol–water partition coefficient (Wildman–Crippen LogP) is 1.97. The fraction of sp³-hybridized carbons (Fsp3) is 0.100. The van der Waals surface area contributed by atoms with Crippen molar-refractivity contribution in [1.82, 2.24) is 4.98 Å². The van der Waals surface area contributed by atoms with Crippen molar-refractivity contribution in [2.75, 3.05) is 5.43 Å². The summed E-state index contributed by atoms with van der Waals surface area (Å²) in [5.74, 6) is 5.57. The summed E-state index contributed by atoms with van der Waals surface area (Å²) in [6.07, 6.45) is 0. The number of hydrogen-bond donors (Lipinski definition) is 2. The van der Waals surface area contributed by atoms with Gasteiger partial charge in [-0.15, -0.1) is 0 Å². The fourth-order valence-electron chi connectivity index (χ4n) is 1.45. The number of anilines is 1. The molecule has 3 nitrogen and oxygen atoms in total. The lowest BCUT2D eigenvalue weighted by atomic mass is 10.1. The number of nitrogen functional groups attached to an aromatic ring is 1. The first kappa shape index (κ1) is 8.90. The van der Waals surface area contributed by atoms with Gasteiger partial charge in [0.15, 0.2) is 0 Å². The number of fused-ring (bicyclic) bond motifs is 1. The van der Waals surface area contributed by atoms with Crippen LogP contribution in [0.15, 0.2) is 24.3 Å². The van der Waals surface area contributed by atoms with Crippen LogP contribution in [-0.2, 0) is 0 Å². The van der Waals surface area contributed by atoms with E-state index in [1.807, 2.05) is 6.92 Å². The van der Waals surface area contributed by atoms with Crippen molar-refractivity contribution < 1.29 is 4.39 Å². The van der Waals surface area contributed by atoms with Crippen LogP contribution < -0.4 is 11.3 Å². The van der Waals surface area contributed by atoms with Crippen LogP contribution in [0.1, 0.15) is 5.56 Å². The summed E-state index contributed by atoms with van der Waals surface area (Å²) in [4.78, 5) is 4.23. The average Bonchev–Trinajstić information content (AvgIpc) is 2.17. The Morgan fingerprint density at radius 2 is 2.14 bits per heavy atom. The molecule has 1 aromatic heterocycles. The van der Waals surface area contributed by atoms with E-state index in [9.17, 15) is 4.39 Å². The molecule has 0 saturated heterocycles. The van der Waals surface area contributed by atoms with Gasteiger partial charge in [0.25, 0.3) is 0 Å². The van der Waals surface area contributed by atoms with E-state index in [0.29, 0.717) is 5.82 Å². The van der Waals surface area contributed by atoms with E-state index in [1.54, 1.807) is 12.1 Å². The van der Waals surface area contributed by atoms with Crippen molar-refractivity contribution >= 4 is 16.7 Å². The van der Waals surface area contributed by atoms with Gasteiger partial charge in [-0.2, -0.15) is 0 Å². The molecule has 72 valence electrons. The molecule has 0 bridgehead atoms. The van der Waals surface area contributed by atoms with Crippen LogP contribution in [-0.4, -0.2) is 4.98 Å². The maximum atomic E-state index is 13.0. The number of halogens is 1. The first-order valence-electron chi connectivity index (χ1n) is 4.24. The van der Waals surface area contributed by atoms with Crippen LogP contribution in [0.5, 0.6) is 0 Å². The molecule has 0 radical (unpaired) electrons. The van der Waals surface area contributed by atoms with E-state index in [0.717, 1.165) is 16.5 Å². The quantitative estimate of drug-likeness (QED) is 0.535. The largest absolute Gasteiger partial charge is 0.308 e. The number of nitrogens with two attached hydrogens (primary N) is 1. The Morgan fingerprint density at radius 3 is 2.86 bits per heavy atom. The van der Waals surface area contributed by atoms with E-state index < -0.39 is 0 Å². The van der Waals surface area contributed by atoms with Gasteiger partial charge in [-0.05, 0) is 36.8 Å². The highest BCUT2D eigenvalue weighted by Crippen LogP contribution is 2.19. The van der Waals surface area contributed by atoms with Gasteiger partial charge in [-0.1, -0.05) is 0 Å². The zero-order valence-electron chi connectivity index (χ0n) is 7.71. The third-order valence-electron chi connectivity index (χ3n) is 2.10. The van der Waals surface area contributed by atoms with E-state index in [4.69, 9.17) is 5.84 Å². The van der Waals surface area contributed by atoms with E-state index in [-0.39, 0.29) is 5.82 Å². The smallest absolute Gasteiger partial charge is 0.140 e. The monoisotopic (exact) mass is 191 g/mol. The predicted molar refractivity (Wildman–Crippen MR) is 54.2 cm³/mol. The molecule has 0 aliphatic carbocycles. The minimum absolute atomic E-state index is 0.245. The second kappa shape index (κ2) is 3.23. The van der Waals surface area contributed by atoms with Gasteiger partial charge >= 0.3 is 0 Å². The average molecular weight is 191 g/mol. The zero-order chi connectivity index (χ0) is 10.1. The molecular formula is C10H10FN3. The maximum absolute atomic E-state index is 13.0. The van der Waals surface area contributed by atoms with Crippen LogP contribution in [0.2, 0.25) is 0 Å². The van der Waals surface area contributed by atoms with Crippen LogP contribution in [0, 0.1) is 12.7 Å². The molecular weight excluding hydrogens is 181 g/mol. The number of aromatic nitrogens is 1. The van der Waals surface area contributed by atoms with Crippen LogP contribution in [0.3, 0.4) is 0 Å². The maximum Gasteiger partial charge on any atom is 0.140 e. The molecule has 14 heavy (non-hydrogen) atoms. The molecule has 0 atom stereocenters. The first-order chi connectivity index (χ1) is 6.70. The summed E-state index contributed by atoms with van der Waals surface area (Å²) >= 11 is 0. The Labute approximate surface area is 80.7 Å². The molecule has 1 heterocycles. The number of nitrogens with zero attached hydrogens (tertiary/aromatic N) is 1. The lowest BCUT2D eigenvalue weighted by Gasteiger charge is -2.04. The third kappa shape index (κ3) is 1.40. The van der Waals surface area contributed by atoms with E-state index >= 15 is 0 Å². The van der Waals surface area contributed by atoms with Crippen LogP contribution in [0.25, 0.3) is 10.9 Å². The molecule has 4 heteroatoms. The number of rotatable bonds is 1. The minimum Gasteiger partial charge on any atom is -0.308 e. The van der Waals surface area contributed by atoms with Gasteiger partial charge in [-0.25, -0.2) is 15.2 Å². The lowest BCUT2D eigenvalue weighted by molar-refractivity contribution is 0.628. The SMILES string of the molecule is Cc1cc(F)cc2ccc(NN)nc12. The first-order valence-corrected chi connectivity index (χ1v) is 4.24. The highest BCUT2D eigenvalue weighted by atomic mass is 19.1. The number of hydrazine groups is 1. The number of nitrogens with one attached hydrogen (secondary N) is 1. The van der Waals surface area contributed by atoms with Gasteiger partial charge in [0.2, 0.25) is 0 Å². The second-order valence-electron chi connectivity index (χ2n) is 3.14. The van der Waals surface area contributed by atoms with Crippen molar-refractivity contribution in [2.24, 2.45) is 5.84 Å². The Kier molecular flexibility index (Phi) is 2.05. The second-order valence-corrected chi connectivity index (χ2v) is 3.14. The molecule has 1 aromatic carbocycles. The fourth-order valence-corrected chi connectivity index (χ4v) is 1.45. The molecule has 0 fully saturated rings. The van der Waals surface area contributed by atoms with Gasteiger partial charge in [0.1, 0.15) is 11.6 Å². The molecule has 2 aromatic rings. The third-order valence-corrected chi connectivity index (χ3v) is 2.10. The number of hydrogen-bond acceptors (Lipinski definition) is 3. The highest BCUT2D eigenvalue weighted by Gasteiger charge is 2.02. The van der Waals surface area contributed by atoms with E-state index in [2.05, 4.69) is 10.4 Å². The topological polar surface area (TPSA) is 50.9 Å². The molecule has 0 saturated carbocycles. The Balaban J connectivity index is 2.75. The normalized spacial score (nSPS) is 10.5. The summed E-state index contributed by atoms with van der Waals surface area (Å²) in [6, 6.07) is 6.40. The van der Waals surface area contributed by atoms with Crippen molar-refractivity contribution in [1.29, 1.82) is 0 Å². The molecule has 3 N–H and O–H groups in total. The molecule has 0 amide bonds. The molecule has 2 rings (SSSR count). The van der Waals surface area contributed by atoms with Crippen LogP contribution >= 0.6 is 0 Å². The zero-order valence-corrected chi connectivity index (χ0v) is 7.71. The number of aryl methyl sites for hydroxylation is 1. The van der Waals surface area contributed by atoms with Crippen molar-refractivity contribution in [3.8, 4) is 0 Å². The Hall–Kier alpha value is -1.68. The number of pyridine rings is 1. The van der Waals surface area contributed by atoms with Gasteiger partial charge in [-0.3, -0.25) is 0 Å². The van der Waals surface area contributed by atoms with Crippen molar-refractivity contribution in [2.45, 2.75) is 6.92 Å².